The van der Waals surface area contributed by atoms with E-state index < -0.39 is 0 Å². The topological polar surface area (TPSA) is 24.8 Å². The van der Waals surface area contributed by atoms with Gasteiger partial charge in [-0.05, 0) is 53.4 Å². The number of hydrogen-bond acceptors (Lipinski definition) is 2. The van der Waals surface area contributed by atoms with Crippen molar-refractivity contribution in [3.63, 3.8) is 0 Å². The number of rotatable bonds is 4. The molecule has 0 aliphatic carbocycles. The van der Waals surface area contributed by atoms with Crippen LogP contribution in [0.15, 0.2) is 26.8 Å². The molecular weight excluding hydrogens is 430 g/mol. The first-order valence-electron chi connectivity index (χ1n) is 8.37. The molecule has 2 rings (SSSR count). The van der Waals surface area contributed by atoms with Crippen molar-refractivity contribution in [1.82, 2.24) is 4.90 Å². The molecule has 0 unspecified atom stereocenters. The molecule has 0 bridgehead atoms. The number of amidine groups is 1. The fraction of sp³-hybridized carbons (Fsp3) is 0.500. The van der Waals surface area contributed by atoms with Crippen LogP contribution in [0.4, 0.5) is 4.39 Å². The fourth-order valence-electron chi connectivity index (χ4n) is 2.59. The van der Waals surface area contributed by atoms with Crippen molar-refractivity contribution < 1.29 is 9.13 Å². The van der Waals surface area contributed by atoms with E-state index in [9.17, 15) is 4.39 Å². The monoisotopic (exact) mass is 450 g/mol. The smallest absolute Gasteiger partial charge is 0.142 e. The summed E-state index contributed by atoms with van der Waals surface area (Å²) in [5, 5.41) is 0.714. The molecule has 1 aliphatic heterocycles. The van der Waals surface area contributed by atoms with E-state index in [1.165, 1.54) is 0 Å². The first kappa shape index (κ1) is 20.7. The number of nitrogens with zero attached hydrogens (tertiary/aromatic N) is 2. The highest BCUT2D eigenvalue weighted by Crippen LogP contribution is 2.31. The third-order valence-corrected chi connectivity index (χ3v) is 5.52. The van der Waals surface area contributed by atoms with Gasteiger partial charge in [0, 0.05) is 25.3 Å². The fourth-order valence-corrected chi connectivity index (χ4v) is 3.38. The zero-order chi connectivity index (χ0) is 18.4. The van der Waals surface area contributed by atoms with Crippen LogP contribution in [0.2, 0.25) is 5.02 Å². The average molecular weight is 452 g/mol. The minimum atomic E-state index is -0.380. The van der Waals surface area contributed by atoms with Crippen LogP contribution in [0.3, 0.4) is 0 Å². The van der Waals surface area contributed by atoms with Crippen molar-refractivity contribution in [2.24, 2.45) is 4.99 Å². The van der Waals surface area contributed by atoms with Crippen molar-refractivity contribution in [3.05, 3.63) is 43.7 Å². The Morgan fingerprint density at radius 1 is 1.44 bits per heavy atom. The van der Waals surface area contributed by atoms with Gasteiger partial charge in [0.25, 0.3) is 0 Å². The Morgan fingerprint density at radius 3 is 2.92 bits per heavy atom. The second-order valence-electron chi connectivity index (χ2n) is 5.86. The second-order valence-corrected chi connectivity index (χ2v) is 7.45. The lowest BCUT2D eigenvalue weighted by Gasteiger charge is -2.25. The van der Waals surface area contributed by atoms with Crippen LogP contribution in [0, 0.1) is 12.7 Å². The maximum Gasteiger partial charge on any atom is 0.142 e. The summed E-state index contributed by atoms with van der Waals surface area (Å²) in [7, 11) is 0. The Labute approximate surface area is 167 Å². The average Bonchev–Trinajstić information content (AvgIpc) is 2.88. The molecule has 0 radical (unpaired) electrons. The van der Waals surface area contributed by atoms with Gasteiger partial charge in [0.1, 0.15) is 16.8 Å². The highest BCUT2D eigenvalue weighted by molar-refractivity contribution is 9.10. The summed E-state index contributed by atoms with van der Waals surface area (Å²) in [6.07, 6.45) is 4.58. The van der Waals surface area contributed by atoms with E-state index in [1.807, 2.05) is 6.08 Å². The van der Waals surface area contributed by atoms with Crippen LogP contribution in [0.5, 0.6) is 0 Å². The molecule has 0 N–H and O–H groups in total. The standard InChI is InChI=1S/C18H22BrCl2FN2O/c1-3-4-6-15(21)23-18(24-7-5-9-25-10-8-24)13-11-14(20)16(19)17(22)12(13)2/h6,11H,3-5,7-10H2,1-2H3/b15-6+,23-18+. The zero-order valence-corrected chi connectivity index (χ0v) is 17.5. The maximum absolute atomic E-state index is 14.5. The van der Waals surface area contributed by atoms with E-state index in [-0.39, 0.29) is 10.3 Å². The van der Waals surface area contributed by atoms with Gasteiger partial charge < -0.3 is 9.64 Å². The van der Waals surface area contributed by atoms with Crippen molar-refractivity contribution >= 4 is 45.0 Å². The Bertz CT molecular complexity index is 672. The lowest BCUT2D eigenvalue weighted by Crippen LogP contribution is -2.34. The summed E-state index contributed by atoms with van der Waals surface area (Å²) in [6.45, 7) is 6.54. The van der Waals surface area contributed by atoms with Crippen molar-refractivity contribution in [3.8, 4) is 0 Å². The predicted octanol–water partition coefficient (Wildman–Crippen LogP) is 5.90. The summed E-state index contributed by atoms with van der Waals surface area (Å²) in [5.74, 6) is 0.253. The van der Waals surface area contributed by atoms with Crippen molar-refractivity contribution in [2.45, 2.75) is 33.1 Å². The molecule has 138 valence electrons. The largest absolute Gasteiger partial charge is 0.380 e. The Morgan fingerprint density at radius 2 is 2.20 bits per heavy atom. The number of allylic oxidation sites excluding steroid dienone is 1. The third-order valence-electron chi connectivity index (χ3n) is 3.98. The Kier molecular flexibility index (Phi) is 8.20. The molecule has 25 heavy (non-hydrogen) atoms. The molecule has 7 heteroatoms. The summed E-state index contributed by atoms with van der Waals surface area (Å²) in [4.78, 5) is 6.68. The minimum Gasteiger partial charge on any atom is -0.380 e. The quantitative estimate of drug-likeness (QED) is 0.246. The van der Waals surface area contributed by atoms with Crippen LogP contribution in [0.1, 0.15) is 37.3 Å². The molecule has 1 heterocycles. The molecule has 1 fully saturated rings. The zero-order valence-electron chi connectivity index (χ0n) is 14.4. The molecule has 0 aromatic heterocycles. The van der Waals surface area contributed by atoms with Gasteiger partial charge in [-0.15, -0.1) is 0 Å². The van der Waals surface area contributed by atoms with Gasteiger partial charge in [-0.25, -0.2) is 9.38 Å². The molecule has 3 nitrogen and oxygen atoms in total. The van der Waals surface area contributed by atoms with Crippen LogP contribution in [-0.4, -0.2) is 37.0 Å². The van der Waals surface area contributed by atoms with Gasteiger partial charge in [0.15, 0.2) is 0 Å². The highest BCUT2D eigenvalue weighted by Gasteiger charge is 2.22. The van der Waals surface area contributed by atoms with E-state index in [1.54, 1.807) is 13.0 Å². The van der Waals surface area contributed by atoms with Gasteiger partial charge in [-0.1, -0.05) is 36.5 Å². The minimum absolute atomic E-state index is 0.265. The van der Waals surface area contributed by atoms with Crippen molar-refractivity contribution in [2.75, 3.05) is 26.3 Å². The third kappa shape index (κ3) is 5.43. The van der Waals surface area contributed by atoms with Gasteiger partial charge in [-0.3, -0.25) is 0 Å². The number of unbranched alkanes of at least 4 members (excludes halogenated alkanes) is 1. The summed E-state index contributed by atoms with van der Waals surface area (Å²) in [6, 6.07) is 1.73. The van der Waals surface area contributed by atoms with Gasteiger partial charge in [-0.2, -0.15) is 0 Å². The second kappa shape index (κ2) is 9.91. The van der Waals surface area contributed by atoms with Crippen LogP contribution >= 0.6 is 39.1 Å². The van der Waals surface area contributed by atoms with E-state index in [2.05, 4.69) is 32.7 Å². The van der Waals surface area contributed by atoms with E-state index >= 15 is 0 Å². The van der Waals surface area contributed by atoms with E-state index in [0.717, 1.165) is 25.8 Å². The number of hydrogen-bond donors (Lipinski definition) is 0. The first-order valence-corrected chi connectivity index (χ1v) is 9.92. The van der Waals surface area contributed by atoms with Gasteiger partial charge in [0.2, 0.25) is 0 Å². The van der Waals surface area contributed by atoms with E-state index in [0.29, 0.717) is 46.9 Å². The van der Waals surface area contributed by atoms with E-state index in [4.69, 9.17) is 27.9 Å². The lowest BCUT2D eigenvalue weighted by molar-refractivity contribution is 0.147. The first-order chi connectivity index (χ1) is 12.0. The van der Waals surface area contributed by atoms with Crippen LogP contribution in [0.25, 0.3) is 0 Å². The molecule has 1 aromatic carbocycles. The molecule has 1 aliphatic rings. The molecule has 0 atom stereocenters. The summed E-state index contributed by atoms with van der Waals surface area (Å²) < 4.78 is 20.3. The molecule has 0 spiro atoms. The normalized spacial score (nSPS) is 17.0. The number of aliphatic imine (C=N–C) groups is 1. The SMILES string of the molecule is CCC/C=C(Cl)/N=C(\c1cc(Cl)c(Br)c(F)c1C)N1CCCOCC1. The summed E-state index contributed by atoms with van der Waals surface area (Å²) in [5.41, 5.74) is 1.13. The highest BCUT2D eigenvalue weighted by atomic mass is 79.9. The number of ether oxygens (including phenoxy) is 1. The van der Waals surface area contributed by atoms with Crippen LogP contribution < -0.4 is 0 Å². The molecule has 0 amide bonds. The molecule has 1 aromatic rings. The molecule has 0 saturated carbocycles. The molecule has 1 saturated heterocycles. The molecular formula is C18H22BrCl2FN2O. The number of halogens is 4. The van der Waals surface area contributed by atoms with Crippen molar-refractivity contribution in [1.29, 1.82) is 0 Å². The van der Waals surface area contributed by atoms with Gasteiger partial charge >= 0.3 is 0 Å². The maximum atomic E-state index is 14.5. The van der Waals surface area contributed by atoms with Crippen LogP contribution in [-0.2, 0) is 4.74 Å². The Balaban J connectivity index is 2.53. The lowest BCUT2D eigenvalue weighted by atomic mass is 10.1. The number of benzene rings is 1. The van der Waals surface area contributed by atoms with Gasteiger partial charge in [0.05, 0.1) is 16.1 Å². The Hall–Kier alpha value is -0.620. The predicted molar refractivity (Wildman–Crippen MR) is 106 cm³/mol. The summed E-state index contributed by atoms with van der Waals surface area (Å²) >= 11 is 15.7.